The van der Waals surface area contributed by atoms with Crippen LogP contribution in [0.2, 0.25) is 0 Å². The van der Waals surface area contributed by atoms with Crippen LogP contribution in [0.4, 0.5) is 10.1 Å². The monoisotopic (exact) mass is 418 g/mol. The molecule has 3 rings (SSSR count). The van der Waals surface area contributed by atoms with Gasteiger partial charge in [0.05, 0.1) is 12.2 Å². The predicted octanol–water partition coefficient (Wildman–Crippen LogP) is 2.86. The zero-order chi connectivity index (χ0) is 20.5. The third-order valence-corrected chi connectivity index (χ3v) is 5.79. The lowest BCUT2D eigenvalue weighted by atomic mass is 10.2. The lowest BCUT2D eigenvalue weighted by Crippen LogP contribution is -2.47. The number of hydrogen-bond donors (Lipinski definition) is 2. The number of aryl methyl sites for hydroxylation is 1. The lowest BCUT2D eigenvalue weighted by molar-refractivity contribution is 0.254. The van der Waals surface area contributed by atoms with Gasteiger partial charge in [0, 0.05) is 50.3 Å². The number of aromatic nitrogens is 1. The molecule has 6 nitrogen and oxygen atoms in total. The zero-order valence-electron chi connectivity index (χ0n) is 17.3. The van der Waals surface area contributed by atoms with Crippen LogP contribution in [0.25, 0.3) is 0 Å². The maximum atomic E-state index is 13.9. The number of benzene rings is 1. The first kappa shape index (κ1) is 21.5. The SMILES string of the molecule is CCNC(=NCc1ncc(C)s1)NCCCN1CCN(c2ccccc2F)CC1. The van der Waals surface area contributed by atoms with E-state index in [4.69, 9.17) is 0 Å². The average molecular weight is 419 g/mol. The Morgan fingerprint density at radius 3 is 2.69 bits per heavy atom. The number of thiazole rings is 1. The van der Waals surface area contributed by atoms with Gasteiger partial charge in [0.1, 0.15) is 10.8 Å². The minimum Gasteiger partial charge on any atom is -0.367 e. The molecule has 0 amide bonds. The van der Waals surface area contributed by atoms with Crippen LogP contribution in [0.5, 0.6) is 0 Å². The maximum absolute atomic E-state index is 13.9. The van der Waals surface area contributed by atoms with Gasteiger partial charge in [0.15, 0.2) is 5.96 Å². The second kappa shape index (κ2) is 11.1. The molecule has 1 aliphatic rings. The molecule has 0 atom stereocenters. The highest BCUT2D eigenvalue weighted by molar-refractivity contribution is 7.11. The van der Waals surface area contributed by atoms with Crippen LogP contribution in [0, 0.1) is 12.7 Å². The number of anilines is 1. The highest BCUT2D eigenvalue weighted by atomic mass is 32.1. The zero-order valence-corrected chi connectivity index (χ0v) is 18.1. The molecular weight excluding hydrogens is 387 g/mol. The number of guanidine groups is 1. The van der Waals surface area contributed by atoms with E-state index >= 15 is 0 Å². The topological polar surface area (TPSA) is 55.8 Å². The molecule has 1 fully saturated rings. The van der Waals surface area contributed by atoms with Gasteiger partial charge in [-0.3, -0.25) is 4.90 Å². The molecule has 1 saturated heterocycles. The summed E-state index contributed by atoms with van der Waals surface area (Å²) in [7, 11) is 0. The molecule has 2 heterocycles. The van der Waals surface area contributed by atoms with E-state index in [9.17, 15) is 4.39 Å². The maximum Gasteiger partial charge on any atom is 0.191 e. The fraction of sp³-hybridized carbons (Fsp3) is 0.524. The predicted molar refractivity (Wildman–Crippen MR) is 119 cm³/mol. The largest absolute Gasteiger partial charge is 0.367 e. The Balaban J connectivity index is 1.36. The highest BCUT2D eigenvalue weighted by Gasteiger charge is 2.18. The standard InChI is InChI=1S/C21H31FN6S/c1-3-23-21(26-16-20-25-15-17(2)29-20)24-9-6-10-27-11-13-28(14-12-27)19-8-5-4-7-18(19)22/h4-5,7-8,15H,3,6,9-14,16H2,1-2H3,(H2,23,24,26). The van der Waals surface area contributed by atoms with E-state index in [2.05, 4.69) is 44.3 Å². The molecule has 0 aliphatic carbocycles. The van der Waals surface area contributed by atoms with Crippen LogP contribution in [0.3, 0.4) is 0 Å². The fourth-order valence-electron chi connectivity index (χ4n) is 3.39. The number of hydrogen-bond acceptors (Lipinski definition) is 5. The second-order valence-corrected chi connectivity index (χ2v) is 8.44. The first-order chi connectivity index (χ1) is 14.2. The average Bonchev–Trinajstić information content (AvgIpc) is 3.15. The summed E-state index contributed by atoms with van der Waals surface area (Å²) in [6.45, 7) is 11.1. The number of halogens is 1. The molecule has 0 spiro atoms. The van der Waals surface area contributed by atoms with Crippen LogP contribution < -0.4 is 15.5 Å². The number of para-hydroxylation sites is 1. The fourth-order valence-corrected chi connectivity index (χ4v) is 4.10. The van der Waals surface area contributed by atoms with Gasteiger partial charge in [0.2, 0.25) is 0 Å². The number of piperazine rings is 1. The third kappa shape index (κ3) is 6.68. The third-order valence-electron chi connectivity index (χ3n) is 4.89. The minimum atomic E-state index is -0.131. The molecule has 158 valence electrons. The Morgan fingerprint density at radius 1 is 1.21 bits per heavy atom. The van der Waals surface area contributed by atoms with Crippen molar-refractivity contribution in [2.75, 3.05) is 50.7 Å². The number of rotatable bonds is 8. The van der Waals surface area contributed by atoms with Crippen molar-refractivity contribution < 1.29 is 4.39 Å². The van der Waals surface area contributed by atoms with Gasteiger partial charge in [-0.15, -0.1) is 11.3 Å². The van der Waals surface area contributed by atoms with Crippen molar-refractivity contribution in [3.63, 3.8) is 0 Å². The van der Waals surface area contributed by atoms with Gasteiger partial charge in [-0.25, -0.2) is 14.4 Å². The van der Waals surface area contributed by atoms with E-state index in [0.29, 0.717) is 6.54 Å². The van der Waals surface area contributed by atoms with Crippen molar-refractivity contribution in [1.29, 1.82) is 0 Å². The quantitative estimate of drug-likeness (QED) is 0.392. The van der Waals surface area contributed by atoms with Gasteiger partial charge >= 0.3 is 0 Å². The molecular formula is C21H31FN6S. The van der Waals surface area contributed by atoms with Gasteiger partial charge in [0.25, 0.3) is 0 Å². The Morgan fingerprint density at radius 2 is 2.00 bits per heavy atom. The van der Waals surface area contributed by atoms with E-state index in [1.165, 1.54) is 10.9 Å². The van der Waals surface area contributed by atoms with Crippen LogP contribution in [0.15, 0.2) is 35.5 Å². The van der Waals surface area contributed by atoms with Crippen molar-refractivity contribution in [3.05, 3.63) is 46.2 Å². The van der Waals surface area contributed by atoms with E-state index in [-0.39, 0.29) is 5.82 Å². The lowest BCUT2D eigenvalue weighted by Gasteiger charge is -2.36. The van der Waals surface area contributed by atoms with E-state index in [0.717, 1.165) is 68.9 Å². The summed E-state index contributed by atoms with van der Waals surface area (Å²) in [6, 6.07) is 7.04. The van der Waals surface area contributed by atoms with Gasteiger partial charge in [-0.2, -0.15) is 0 Å². The molecule has 0 unspecified atom stereocenters. The molecule has 2 N–H and O–H groups in total. The van der Waals surface area contributed by atoms with Crippen LogP contribution in [0.1, 0.15) is 23.2 Å². The van der Waals surface area contributed by atoms with Crippen molar-refractivity contribution in [3.8, 4) is 0 Å². The Kier molecular flexibility index (Phi) is 8.25. The van der Waals surface area contributed by atoms with Crippen LogP contribution >= 0.6 is 11.3 Å². The Bertz CT molecular complexity index is 785. The summed E-state index contributed by atoms with van der Waals surface area (Å²) in [5.41, 5.74) is 0.718. The van der Waals surface area contributed by atoms with Crippen molar-refractivity contribution in [1.82, 2.24) is 20.5 Å². The summed E-state index contributed by atoms with van der Waals surface area (Å²) < 4.78 is 13.9. The van der Waals surface area contributed by atoms with Gasteiger partial charge in [-0.1, -0.05) is 12.1 Å². The summed E-state index contributed by atoms with van der Waals surface area (Å²) in [6.07, 6.45) is 2.93. The normalized spacial score (nSPS) is 15.6. The summed E-state index contributed by atoms with van der Waals surface area (Å²) >= 11 is 1.69. The Labute approximate surface area is 176 Å². The molecule has 29 heavy (non-hydrogen) atoms. The molecule has 0 bridgehead atoms. The smallest absolute Gasteiger partial charge is 0.191 e. The van der Waals surface area contributed by atoms with Crippen LogP contribution in [-0.2, 0) is 6.54 Å². The molecule has 1 aromatic heterocycles. The molecule has 1 aliphatic heterocycles. The molecule has 0 saturated carbocycles. The van der Waals surface area contributed by atoms with Crippen molar-refractivity contribution in [2.24, 2.45) is 4.99 Å². The first-order valence-corrected chi connectivity index (χ1v) is 11.1. The van der Waals surface area contributed by atoms with E-state index in [1.54, 1.807) is 17.4 Å². The molecule has 2 aromatic rings. The van der Waals surface area contributed by atoms with Crippen molar-refractivity contribution >= 4 is 23.0 Å². The van der Waals surface area contributed by atoms with E-state index < -0.39 is 0 Å². The van der Waals surface area contributed by atoms with E-state index in [1.807, 2.05) is 18.3 Å². The van der Waals surface area contributed by atoms with Crippen molar-refractivity contribution in [2.45, 2.75) is 26.8 Å². The molecule has 1 aromatic carbocycles. The number of nitrogens with one attached hydrogen (secondary N) is 2. The number of aliphatic imine (C=N–C) groups is 1. The summed E-state index contributed by atoms with van der Waals surface area (Å²) in [4.78, 5) is 14.8. The minimum absolute atomic E-state index is 0.131. The number of nitrogens with zero attached hydrogens (tertiary/aromatic N) is 4. The first-order valence-electron chi connectivity index (χ1n) is 10.3. The Hall–Kier alpha value is -2.19. The van der Waals surface area contributed by atoms with Crippen LogP contribution in [-0.4, -0.2) is 61.7 Å². The summed E-state index contributed by atoms with van der Waals surface area (Å²) in [5.74, 6) is 0.707. The molecule has 0 radical (unpaired) electrons. The second-order valence-electron chi connectivity index (χ2n) is 7.12. The summed E-state index contributed by atoms with van der Waals surface area (Å²) in [5, 5.41) is 7.73. The van der Waals surface area contributed by atoms with Gasteiger partial charge in [-0.05, 0) is 38.9 Å². The highest BCUT2D eigenvalue weighted by Crippen LogP contribution is 2.20. The van der Waals surface area contributed by atoms with Gasteiger partial charge < -0.3 is 15.5 Å². The molecule has 8 heteroatoms.